The number of amides is 3. The minimum Gasteiger partial charge on any atom is -0.497 e. The van der Waals surface area contributed by atoms with Crippen molar-refractivity contribution in [2.24, 2.45) is 0 Å². The van der Waals surface area contributed by atoms with Crippen LogP contribution >= 0.6 is 0 Å². The lowest BCUT2D eigenvalue weighted by Crippen LogP contribution is -2.47. The Balaban J connectivity index is 1.84. The van der Waals surface area contributed by atoms with Gasteiger partial charge in [0.05, 0.1) is 7.11 Å². The molecular weight excluding hydrogens is 350 g/mol. The molecule has 0 saturated heterocycles. The van der Waals surface area contributed by atoms with Crippen LogP contribution in [0.5, 0.6) is 11.5 Å². The number of rotatable bonds is 6. The van der Waals surface area contributed by atoms with Gasteiger partial charge >= 0.3 is 0 Å². The second-order valence-electron chi connectivity index (χ2n) is 5.64. The molecule has 2 aromatic carbocycles. The molecule has 0 aliphatic carbocycles. The smallest absolute Gasteiger partial charge is 0.279 e. The number of hydrazine groups is 1. The number of anilines is 1. The highest BCUT2D eigenvalue weighted by atomic mass is 16.5. The van der Waals surface area contributed by atoms with Crippen LogP contribution < -0.4 is 25.6 Å². The molecule has 3 N–H and O–H groups in total. The first kappa shape index (κ1) is 19.8. The number of carbonyl (C=O) groups is 3. The average molecular weight is 371 g/mol. The third kappa shape index (κ3) is 6.03. The molecule has 1 unspecified atom stereocenters. The van der Waals surface area contributed by atoms with Crippen molar-refractivity contribution in [1.29, 1.82) is 0 Å². The monoisotopic (exact) mass is 371 g/mol. The molecule has 0 aliphatic rings. The van der Waals surface area contributed by atoms with Crippen molar-refractivity contribution in [2.75, 3.05) is 12.4 Å². The van der Waals surface area contributed by atoms with Crippen molar-refractivity contribution in [1.82, 2.24) is 10.9 Å². The predicted molar refractivity (Wildman–Crippen MR) is 99.4 cm³/mol. The minimum absolute atomic E-state index is 0.203. The lowest BCUT2D eigenvalue weighted by Gasteiger charge is -2.15. The molecule has 0 spiro atoms. The Morgan fingerprint density at radius 2 is 1.48 bits per heavy atom. The molecule has 0 saturated carbocycles. The van der Waals surface area contributed by atoms with E-state index in [4.69, 9.17) is 9.47 Å². The highest BCUT2D eigenvalue weighted by Gasteiger charge is 2.16. The third-order valence-corrected chi connectivity index (χ3v) is 3.51. The van der Waals surface area contributed by atoms with Crippen LogP contribution in [-0.4, -0.2) is 30.9 Å². The zero-order valence-electron chi connectivity index (χ0n) is 15.2. The van der Waals surface area contributed by atoms with E-state index < -0.39 is 17.9 Å². The predicted octanol–water partition coefficient (Wildman–Crippen LogP) is 1.88. The molecule has 2 rings (SSSR count). The quantitative estimate of drug-likeness (QED) is 0.673. The molecule has 1 atom stereocenters. The number of hydrogen-bond acceptors (Lipinski definition) is 5. The van der Waals surface area contributed by atoms with Gasteiger partial charge in [0, 0.05) is 18.2 Å². The van der Waals surface area contributed by atoms with Crippen molar-refractivity contribution in [2.45, 2.75) is 20.0 Å². The van der Waals surface area contributed by atoms with E-state index in [1.807, 2.05) is 0 Å². The highest BCUT2D eigenvalue weighted by molar-refractivity contribution is 5.96. The summed E-state index contributed by atoms with van der Waals surface area (Å²) in [6, 6.07) is 13.0. The first-order valence-corrected chi connectivity index (χ1v) is 8.17. The lowest BCUT2D eigenvalue weighted by atomic mass is 10.2. The lowest BCUT2D eigenvalue weighted by molar-refractivity contribution is -0.128. The van der Waals surface area contributed by atoms with Crippen molar-refractivity contribution >= 4 is 23.4 Å². The fourth-order valence-corrected chi connectivity index (χ4v) is 2.11. The number of ether oxygens (including phenoxy) is 2. The number of nitrogens with one attached hydrogen (secondary N) is 3. The van der Waals surface area contributed by atoms with Crippen LogP contribution in [0.25, 0.3) is 0 Å². The van der Waals surface area contributed by atoms with Crippen LogP contribution in [0.3, 0.4) is 0 Å². The maximum absolute atomic E-state index is 12.1. The molecule has 8 nitrogen and oxygen atoms in total. The van der Waals surface area contributed by atoms with Crippen LogP contribution in [0.4, 0.5) is 5.69 Å². The van der Waals surface area contributed by atoms with Crippen LogP contribution in [0.15, 0.2) is 48.5 Å². The maximum Gasteiger partial charge on any atom is 0.279 e. The van der Waals surface area contributed by atoms with Crippen molar-refractivity contribution in [3.05, 3.63) is 54.1 Å². The van der Waals surface area contributed by atoms with E-state index in [1.54, 1.807) is 50.4 Å². The van der Waals surface area contributed by atoms with Gasteiger partial charge < -0.3 is 14.8 Å². The van der Waals surface area contributed by atoms with Gasteiger partial charge in [-0.25, -0.2) is 0 Å². The second kappa shape index (κ2) is 9.23. The Morgan fingerprint density at radius 1 is 0.889 bits per heavy atom. The van der Waals surface area contributed by atoms with Gasteiger partial charge in [0.15, 0.2) is 6.10 Å². The molecule has 0 radical (unpaired) electrons. The van der Waals surface area contributed by atoms with Crippen LogP contribution in [0.1, 0.15) is 24.2 Å². The SMILES string of the molecule is COc1ccc(OC(C)C(=O)NNC(=O)c2ccc(NC(C)=O)cc2)cc1. The van der Waals surface area contributed by atoms with E-state index in [1.165, 1.54) is 19.1 Å². The molecule has 0 bridgehead atoms. The number of methoxy groups -OCH3 is 1. The molecule has 8 heteroatoms. The number of hydrogen-bond donors (Lipinski definition) is 3. The van der Waals surface area contributed by atoms with Gasteiger partial charge in [0.2, 0.25) is 5.91 Å². The molecule has 142 valence electrons. The highest BCUT2D eigenvalue weighted by Crippen LogP contribution is 2.18. The Hall–Kier alpha value is -3.55. The summed E-state index contributed by atoms with van der Waals surface area (Å²) < 4.78 is 10.6. The third-order valence-electron chi connectivity index (χ3n) is 3.51. The van der Waals surface area contributed by atoms with E-state index in [-0.39, 0.29) is 5.91 Å². The standard InChI is InChI=1S/C19H21N3O5/c1-12(27-17-10-8-16(26-3)9-11-17)18(24)21-22-19(25)14-4-6-15(7-5-14)20-13(2)23/h4-12H,1-3H3,(H,20,23)(H,21,24)(H,22,25). The van der Waals surface area contributed by atoms with Gasteiger partial charge in [-0.3, -0.25) is 25.2 Å². The molecule has 27 heavy (non-hydrogen) atoms. The average Bonchev–Trinajstić information content (AvgIpc) is 2.66. The van der Waals surface area contributed by atoms with Crippen LogP contribution in [-0.2, 0) is 9.59 Å². The largest absolute Gasteiger partial charge is 0.497 e. The van der Waals surface area contributed by atoms with E-state index in [2.05, 4.69) is 16.2 Å². The Kier molecular flexibility index (Phi) is 6.76. The summed E-state index contributed by atoms with van der Waals surface area (Å²) in [6.45, 7) is 2.96. The van der Waals surface area contributed by atoms with Gasteiger partial charge in [-0.1, -0.05) is 0 Å². The van der Waals surface area contributed by atoms with Gasteiger partial charge in [0.25, 0.3) is 11.8 Å². The molecule has 0 aromatic heterocycles. The Bertz CT molecular complexity index is 803. The topological polar surface area (TPSA) is 106 Å². The first-order valence-electron chi connectivity index (χ1n) is 8.17. The zero-order chi connectivity index (χ0) is 19.8. The molecule has 0 fully saturated rings. The van der Waals surface area contributed by atoms with E-state index in [0.29, 0.717) is 22.7 Å². The van der Waals surface area contributed by atoms with Gasteiger partial charge in [-0.2, -0.15) is 0 Å². The number of carbonyl (C=O) groups excluding carboxylic acids is 3. The Labute approximate surface area is 156 Å². The van der Waals surface area contributed by atoms with Gasteiger partial charge in [-0.15, -0.1) is 0 Å². The molecule has 0 aliphatic heterocycles. The molecule has 3 amide bonds. The summed E-state index contributed by atoms with van der Waals surface area (Å²) >= 11 is 0. The first-order chi connectivity index (χ1) is 12.9. The number of benzene rings is 2. The van der Waals surface area contributed by atoms with E-state index in [0.717, 1.165) is 0 Å². The van der Waals surface area contributed by atoms with Gasteiger partial charge in [0.1, 0.15) is 11.5 Å². The molecule has 0 heterocycles. The molecular formula is C19H21N3O5. The summed E-state index contributed by atoms with van der Waals surface area (Å²) in [5.41, 5.74) is 5.53. The van der Waals surface area contributed by atoms with Crippen molar-refractivity contribution in [3.8, 4) is 11.5 Å². The van der Waals surface area contributed by atoms with Crippen LogP contribution in [0.2, 0.25) is 0 Å². The second-order valence-corrected chi connectivity index (χ2v) is 5.64. The molecule has 2 aromatic rings. The zero-order valence-corrected chi connectivity index (χ0v) is 15.2. The summed E-state index contributed by atoms with van der Waals surface area (Å²) in [6.07, 6.45) is -0.819. The fourth-order valence-electron chi connectivity index (χ4n) is 2.11. The Morgan fingerprint density at radius 3 is 2.04 bits per heavy atom. The van der Waals surface area contributed by atoms with E-state index in [9.17, 15) is 14.4 Å². The summed E-state index contributed by atoms with van der Waals surface area (Å²) in [4.78, 5) is 35.1. The summed E-state index contributed by atoms with van der Waals surface area (Å²) in [5, 5.41) is 2.60. The van der Waals surface area contributed by atoms with Crippen molar-refractivity contribution in [3.63, 3.8) is 0 Å². The summed E-state index contributed by atoms with van der Waals surface area (Å²) in [5.74, 6) is -0.0247. The summed E-state index contributed by atoms with van der Waals surface area (Å²) in [7, 11) is 1.56. The normalized spacial score (nSPS) is 11.1. The maximum atomic E-state index is 12.1. The minimum atomic E-state index is -0.819. The van der Waals surface area contributed by atoms with Gasteiger partial charge in [-0.05, 0) is 55.5 Å². The van der Waals surface area contributed by atoms with Crippen LogP contribution in [0, 0.1) is 0 Å². The van der Waals surface area contributed by atoms with E-state index >= 15 is 0 Å². The van der Waals surface area contributed by atoms with Crippen molar-refractivity contribution < 1.29 is 23.9 Å². The fraction of sp³-hybridized carbons (Fsp3) is 0.211.